The molecule has 1 aromatic carbocycles. The second-order valence-corrected chi connectivity index (χ2v) is 9.51. The van der Waals surface area contributed by atoms with E-state index in [4.69, 9.17) is 16.3 Å². The van der Waals surface area contributed by atoms with Crippen molar-refractivity contribution in [2.45, 2.75) is 6.04 Å². The van der Waals surface area contributed by atoms with Crippen molar-refractivity contribution in [3.63, 3.8) is 0 Å². The number of ether oxygens (including phenoxy) is 1. The van der Waals surface area contributed by atoms with Crippen molar-refractivity contribution in [1.29, 1.82) is 0 Å². The van der Waals surface area contributed by atoms with Crippen LogP contribution in [-0.4, -0.2) is 64.4 Å². The third kappa shape index (κ3) is 5.20. The lowest BCUT2D eigenvalue weighted by Gasteiger charge is -2.35. The van der Waals surface area contributed by atoms with Crippen LogP contribution >= 0.6 is 22.9 Å². The molecule has 1 amide bonds. The minimum atomic E-state index is -0.564. The highest BCUT2D eigenvalue weighted by molar-refractivity contribution is 7.19. The zero-order valence-corrected chi connectivity index (χ0v) is 20.6. The summed E-state index contributed by atoms with van der Waals surface area (Å²) in [6.07, 6.45) is 2.69. The van der Waals surface area contributed by atoms with E-state index in [0.29, 0.717) is 16.7 Å². The summed E-state index contributed by atoms with van der Waals surface area (Å²) in [5, 5.41) is 15.1. The molecule has 3 aromatic heterocycles. The van der Waals surface area contributed by atoms with Gasteiger partial charge in [-0.3, -0.25) is 10.2 Å². The van der Waals surface area contributed by atoms with E-state index in [1.807, 2.05) is 24.3 Å². The zero-order valence-electron chi connectivity index (χ0n) is 19.0. The number of amides is 1. The molecule has 1 atom stereocenters. The van der Waals surface area contributed by atoms with Gasteiger partial charge in [0.05, 0.1) is 18.0 Å². The first kappa shape index (κ1) is 23.4. The van der Waals surface area contributed by atoms with E-state index in [0.717, 1.165) is 52.6 Å². The van der Waals surface area contributed by atoms with Crippen LogP contribution in [0.3, 0.4) is 0 Å². The Balaban J connectivity index is 1.62. The monoisotopic (exact) mass is 509 g/mol. The van der Waals surface area contributed by atoms with Gasteiger partial charge in [-0.25, -0.2) is 9.78 Å². The third-order valence-corrected chi connectivity index (χ3v) is 7.31. The lowest BCUT2D eigenvalue weighted by molar-refractivity contribution is 0.187. The predicted octanol–water partition coefficient (Wildman–Crippen LogP) is 4.42. The number of carbonyl (C=O) groups is 1. The van der Waals surface area contributed by atoms with Gasteiger partial charge >= 0.3 is 6.09 Å². The molecule has 0 aliphatic carbocycles. The van der Waals surface area contributed by atoms with Gasteiger partial charge in [0.2, 0.25) is 0 Å². The first-order valence-electron chi connectivity index (χ1n) is 11.1. The van der Waals surface area contributed by atoms with Crippen LogP contribution < -0.4 is 10.6 Å². The fourth-order valence-corrected chi connectivity index (χ4v) is 5.49. The molecule has 35 heavy (non-hydrogen) atoms. The number of hydrogen-bond donors (Lipinski definition) is 3. The van der Waals surface area contributed by atoms with Crippen LogP contribution in [0.2, 0.25) is 5.02 Å². The number of H-pyrrole nitrogens is 1. The van der Waals surface area contributed by atoms with Crippen molar-refractivity contribution >= 4 is 34.8 Å². The molecule has 9 nitrogen and oxygen atoms in total. The maximum absolute atomic E-state index is 11.7. The number of methoxy groups -OCH3 is 1. The Labute approximate surface area is 211 Å². The van der Waals surface area contributed by atoms with Crippen LogP contribution in [0.5, 0.6) is 0 Å². The van der Waals surface area contributed by atoms with Crippen LogP contribution in [0.4, 0.5) is 10.6 Å². The number of piperazine rings is 1. The Hall–Kier alpha value is -3.31. The molecule has 3 N–H and O–H groups in total. The van der Waals surface area contributed by atoms with E-state index in [1.165, 1.54) is 7.11 Å². The van der Waals surface area contributed by atoms with Gasteiger partial charge in [0.1, 0.15) is 12.1 Å². The number of benzene rings is 1. The van der Waals surface area contributed by atoms with Gasteiger partial charge in [0.25, 0.3) is 0 Å². The molecule has 11 heteroatoms. The van der Waals surface area contributed by atoms with E-state index < -0.39 is 6.09 Å². The number of thiophene rings is 1. The first-order valence-corrected chi connectivity index (χ1v) is 12.3. The maximum atomic E-state index is 11.7. The molecule has 1 fully saturated rings. The molecule has 0 saturated carbocycles. The van der Waals surface area contributed by atoms with Gasteiger partial charge in [0, 0.05) is 42.3 Å². The van der Waals surface area contributed by atoms with E-state index >= 15 is 0 Å². The number of carbonyl (C=O) groups excluding carboxylic acids is 1. The number of pyridine rings is 1. The molecule has 1 saturated heterocycles. The quantitative estimate of drug-likeness (QED) is 0.353. The second-order valence-electron chi connectivity index (χ2n) is 8.02. The third-order valence-electron chi connectivity index (χ3n) is 5.85. The van der Waals surface area contributed by atoms with Crippen molar-refractivity contribution in [3.8, 4) is 21.1 Å². The van der Waals surface area contributed by atoms with Crippen molar-refractivity contribution in [2.24, 2.45) is 0 Å². The number of aromatic amines is 1. The molecule has 180 valence electrons. The fourth-order valence-electron chi connectivity index (χ4n) is 4.23. The SMILES string of the molecule is COC(=O)Nc1cc(-c2cc(C(c3ccc(Cl)cc3)N3CCNCC3)c(-c3nnc[nH]3)s2)ccn1. The highest BCUT2D eigenvalue weighted by Crippen LogP contribution is 2.43. The summed E-state index contributed by atoms with van der Waals surface area (Å²) in [6, 6.07) is 14.0. The minimum absolute atomic E-state index is 0.00830. The van der Waals surface area contributed by atoms with Gasteiger partial charge in [-0.2, -0.15) is 0 Å². The van der Waals surface area contributed by atoms with Gasteiger partial charge < -0.3 is 15.0 Å². The summed E-state index contributed by atoms with van der Waals surface area (Å²) in [6.45, 7) is 3.67. The Bertz CT molecular complexity index is 1290. The number of halogens is 1. The highest BCUT2D eigenvalue weighted by Gasteiger charge is 2.29. The molecule has 1 aliphatic rings. The molecule has 5 rings (SSSR count). The van der Waals surface area contributed by atoms with Crippen molar-refractivity contribution in [3.05, 3.63) is 71.1 Å². The van der Waals surface area contributed by atoms with E-state index in [1.54, 1.807) is 23.9 Å². The van der Waals surface area contributed by atoms with Crippen LogP contribution in [0.15, 0.2) is 55.0 Å². The van der Waals surface area contributed by atoms with Crippen LogP contribution in [0.1, 0.15) is 17.2 Å². The topological polar surface area (TPSA) is 108 Å². The molecule has 0 spiro atoms. The standard InChI is InChI=1S/C24H24ClN7O2S/c1-34-24(33)30-20-12-16(6-7-27-20)19-13-18(22(35-19)23-28-14-29-31-23)21(32-10-8-26-9-11-32)15-2-4-17(25)5-3-15/h2-7,12-14,21,26H,8-11H2,1H3,(H,27,30,33)(H,28,29,31). The minimum Gasteiger partial charge on any atom is -0.453 e. The maximum Gasteiger partial charge on any atom is 0.412 e. The lowest BCUT2D eigenvalue weighted by Crippen LogP contribution is -2.45. The Morgan fingerprint density at radius 3 is 2.71 bits per heavy atom. The molecule has 4 aromatic rings. The molecule has 1 aliphatic heterocycles. The smallest absolute Gasteiger partial charge is 0.412 e. The highest BCUT2D eigenvalue weighted by atomic mass is 35.5. The van der Waals surface area contributed by atoms with Gasteiger partial charge in [0.15, 0.2) is 5.82 Å². The van der Waals surface area contributed by atoms with E-state index in [2.05, 4.69) is 53.9 Å². The summed E-state index contributed by atoms with van der Waals surface area (Å²) in [7, 11) is 1.32. The van der Waals surface area contributed by atoms with E-state index in [-0.39, 0.29) is 6.04 Å². The van der Waals surface area contributed by atoms with Gasteiger partial charge in [-0.15, -0.1) is 21.5 Å². The lowest BCUT2D eigenvalue weighted by atomic mass is 9.95. The summed E-state index contributed by atoms with van der Waals surface area (Å²) in [5.41, 5.74) is 3.22. The summed E-state index contributed by atoms with van der Waals surface area (Å²) >= 11 is 7.84. The Morgan fingerprint density at radius 1 is 1.20 bits per heavy atom. The number of anilines is 1. The number of nitrogens with one attached hydrogen (secondary N) is 3. The number of rotatable bonds is 6. The van der Waals surface area contributed by atoms with Gasteiger partial charge in [-0.1, -0.05) is 23.7 Å². The molecule has 0 bridgehead atoms. The molecule has 4 heterocycles. The summed E-state index contributed by atoms with van der Waals surface area (Å²) in [5.74, 6) is 1.13. The Morgan fingerprint density at radius 2 is 2.00 bits per heavy atom. The van der Waals surface area contributed by atoms with E-state index in [9.17, 15) is 4.79 Å². The molecular weight excluding hydrogens is 486 g/mol. The van der Waals surface area contributed by atoms with Crippen molar-refractivity contribution in [2.75, 3.05) is 38.6 Å². The predicted molar refractivity (Wildman–Crippen MR) is 137 cm³/mol. The van der Waals surface area contributed by atoms with Gasteiger partial charge in [-0.05, 0) is 47.0 Å². The number of hydrogen-bond acceptors (Lipinski definition) is 8. The normalized spacial score (nSPS) is 15.0. The largest absolute Gasteiger partial charge is 0.453 e. The fraction of sp³-hybridized carbons (Fsp3) is 0.250. The average molecular weight is 510 g/mol. The first-order chi connectivity index (χ1) is 17.1. The van der Waals surface area contributed by atoms with Crippen molar-refractivity contribution < 1.29 is 9.53 Å². The van der Waals surface area contributed by atoms with Crippen LogP contribution in [0, 0.1) is 0 Å². The van der Waals surface area contributed by atoms with Crippen LogP contribution in [-0.2, 0) is 4.74 Å². The molecular formula is C24H24ClN7O2S. The average Bonchev–Trinajstić information content (AvgIpc) is 3.57. The number of aromatic nitrogens is 4. The second kappa shape index (κ2) is 10.5. The summed E-state index contributed by atoms with van der Waals surface area (Å²) < 4.78 is 4.70. The Kier molecular flexibility index (Phi) is 7.05. The summed E-state index contributed by atoms with van der Waals surface area (Å²) in [4.78, 5) is 23.6. The van der Waals surface area contributed by atoms with Crippen LogP contribution in [0.25, 0.3) is 21.1 Å². The molecule has 0 radical (unpaired) electrons. The van der Waals surface area contributed by atoms with Crippen molar-refractivity contribution in [1.82, 2.24) is 30.4 Å². The number of nitrogens with zero attached hydrogens (tertiary/aromatic N) is 4. The molecule has 1 unspecified atom stereocenters. The zero-order chi connectivity index (χ0) is 24.2.